The summed E-state index contributed by atoms with van der Waals surface area (Å²) in [5, 5.41) is 1.56. The van der Waals surface area contributed by atoms with Gasteiger partial charge in [0, 0.05) is 16.1 Å². The van der Waals surface area contributed by atoms with Crippen molar-refractivity contribution < 1.29 is 9.53 Å². The summed E-state index contributed by atoms with van der Waals surface area (Å²) in [4.78, 5) is 15.3. The van der Waals surface area contributed by atoms with Crippen LogP contribution in [0, 0.1) is 0 Å². The van der Waals surface area contributed by atoms with Gasteiger partial charge in [-0.05, 0) is 24.3 Å². The first kappa shape index (κ1) is 12.1. The number of rotatable bonds is 3. The molecule has 5 heteroatoms. The zero-order chi connectivity index (χ0) is 12.3. The first-order valence-electron chi connectivity index (χ1n) is 4.89. The van der Waals surface area contributed by atoms with E-state index in [-0.39, 0.29) is 5.97 Å². The van der Waals surface area contributed by atoms with Crippen molar-refractivity contribution in [1.82, 2.24) is 4.98 Å². The third kappa shape index (κ3) is 3.05. The van der Waals surface area contributed by atoms with E-state index in [1.165, 1.54) is 18.9 Å². The number of ether oxygens (including phenoxy) is 1. The second-order valence-corrected chi connectivity index (χ2v) is 4.86. The first-order chi connectivity index (χ1) is 8.19. The molecule has 0 unspecified atom stereocenters. The van der Waals surface area contributed by atoms with Crippen molar-refractivity contribution in [3.8, 4) is 0 Å². The number of hydrogen-bond acceptors (Lipinski definition) is 3. The monoisotopic (exact) mass is 267 g/mol. The van der Waals surface area contributed by atoms with Crippen molar-refractivity contribution in [2.75, 3.05) is 7.11 Å². The van der Waals surface area contributed by atoms with Crippen LogP contribution in [0.25, 0.3) is 0 Å². The molecule has 0 saturated heterocycles. The van der Waals surface area contributed by atoms with Crippen molar-refractivity contribution in [3.05, 3.63) is 47.1 Å². The van der Waals surface area contributed by atoms with Crippen molar-refractivity contribution in [2.45, 2.75) is 9.92 Å². The van der Waals surface area contributed by atoms with E-state index in [1.807, 2.05) is 24.3 Å². The molecule has 2 rings (SSSR count). The predicted octanol–water partition coefficient (Wildman–Crippen LogP) is 3.61. The Morgan fingerprint density at radius 3 is 2.94 bits per heavy atom. The number of carbonyl (C=O) groups excluding carboxylic acids is 1. The maximum absolute atomic E-state index is 11.3. The van der Waals surface area contributed by atoms with Gasteiger partial charge in [-0.15, -0.1) is 0 Å². The summed E-state index contributed by atoms with van der Waals surface area (Å²) >= 11 is 7.39. The van der Waals surface area contributed by atoms with E-state index in [1.54, 1.807) is 12.3 Å². The zero-order valence-electron chi connectivity index (χ0n) is 9.07. The number of carbonyl (C=O) groups is 1. The smallest absolute Gasteiger partial charge is 0.339 e. The summed E-state index contributed by atoms with van der Waals surface area (Å²) in [6.45, 7) is 0. The lowest BCUT2D eigenvalue weighted by Gasteiger charge is -1.98. The molecule has 0 amide bonds. The largest absolute Gasteiger partial charge is 0.465 e. The minimum Gasteiger partial charge on any atom is -0.465 e. The van der Waals surface area contributed by atoms with Crippen LogP contribution in [0.15, 0.2) is 46.5 Å². The topological polar surface area (TPSA) is 42.1 Å². The third-order valence-corrected chi connectivity index (χ3v) is 3.28. The van der Waals surface area contributed by atoms with E-state index in [9.17, 15) is 4.79 Å². The van der Waals surface area contributed by atoms with Gasteiger partial charge in [-0.3, -0.25) is 0 Å². The number of aromatic amines is 1. The fourth-order valence-corrected chi connectivity index (χ4v) is 2.47. The van der Waals surface area contributed by atoms with Crippen LogP contribution in [-0.2, 0) is 4.74 Å². The number of esters is 1. The summed E-state index contributed by atoms with van der Waals surface area (Å²) in [5.74, 6) is -0.348. The van der Waals surface area contributed by atoms with Gasteiger partial charge >= 0.3 is 5.97 Å². The fourth-order valence-electron chi connectivity index (χ4n) is 1.33. The molecule has 0 bridgehead atoms. The molecule has 2 aromatic rings. The van der Waals surface area contributed by atoms with Crippen molar-refractivity contribution in [1.29, 1.82) is 0 Å². The molecule has 1 heterocycles. The fraction of sp³-hybridized carbons (Fsp3) is 0.0833. The molecule has 0 saturated carbocycles. The lowest BCUT2D eigenvalue weighted by Crippen LogP contribution is -1.98. The number of hydrogen-bond donors (Lipinski definition) is 1. The van der Waals surface area contributed by atoms with Gasteiger partial charge in [0.15, 0.2) is 0 Å². The minimum atomic E-state index is -0.348. The second-order valence-electron chi connectivity index (χ2n) is 3.30. The molecule has 17 heavy (non-hydrogen) atoms. The van der Waals surface area contributed by atoms with Gasteiger partial charge < -0.3 is 9.72 Å². The summed E-state index contributed by atoms with van der Waals surface area (Å²) in [5.41, 5.74) is 0.511. The zero-order valence-corrected chi connectivity index (χ0v) is 10.6. The van der Waals surface area contributed by atoms with Crippen LogP contribution in [0.1, 0.15) is 10.4 Å². The maximum Gasteiger partial charge on any atom is 0.339 e. The minimum absolute atomic E-state index is 0.348. The second kappa shape index (κ2) is 5.29. The molecular weight excluding hydrogens is 258 g/mol. The van der Waals surface area contributed by atoms with Crippen LogP contribution >= 0.6 is 23.4 Å². The van der Waals surface area contributed by atoms with E-state index in [2.05, 4.69) is 9.72 Å². The molecule has 1 aromatic carbocycles. The van der Waals surface area contributed by atoms with E-state index < -0.39 is 0 Å². The highest BCUT2D eigenvalue weighted by Gasteiger charge is 2.08. The van der Waals surface area contributed by atoms with Crippen LogP contribution in [-0.4, -0.2) is 18.1 Å². The van der Waals surface area contributed by atoms with Gasteiger partial charge in [-0.2, -0.15) is 0 Å². The highest BCUT2D eigenvalue weighted by atomic mass is 35.5. The predicted molar refractivity (Wildman–Crippen MR) is 67.7 cm³/mol. The molecule has 0 aliphatic rings. The lowest BCUT2D eigenvalue weighted by molar-refractivity contribution is 0.0601. The standard InChI is InChI=1S/C12H10ClNO2S/c1-16-12(15)8-5-11(14-7-8)17-10-4-2-3-9(13)6-10/h2-7,14H,1H3. The maximum atomic E-state index is 11.3. The molecule has 0 spiro atoms. The molecule has 0 aliphatic carbocycles. The van der Waals surface area contributed by atoms with Crippen LogP contribution in [0.5, 0.6) is 0 Å². The number of benzene rings is 1. The average molecular weight is 268 g/mol. The Bertz CT molecular complexity index is 539. The Balaban J connectivity index is 2.14. The first-order valence-corrected chi connectivity index (χ1v) is 6.08. The van der Waals surface area contributed by atoms with E-state index >= 15 is 0 Å². The SMILES string of the molecule is COC(=O)c1c[nH]c(Sc2cccc(Cl)c2)c1. The number of halogens is 1. The van der Waals surface area contributed by atoms with Gasteiger partial charge in [0.05, 0.1) is 17.7 Å². The Labute approximate surface area is 108 Å². The van der Waals surface area contributed by atoms with E-state index in [4.69, 9.17) is 11.6 Å². The normalized spacial score (nSPS) is 10.2. The summed E-state index contributed by atoms with van der Waals surface area (Å²) < 4.78 is 4.63. The quantitative estimate of drug-likeness (QED) is 0.864. The van der Waals surface area contributed by atoms with Gasteiger partial charge in [0.1, 0.15) is 0 Å². The van der Waals surface area contributed by atoms with E-state index in [0.717, 1.165) is 9.92 Å². The molecule has 88 valence electrons. The number of H-pyrrole nitrogens is 1. The van der Waals surface area contributed by atoms with Gasteiger partial charge in [-0.1, -0.05) is 29.4 Å². The molecule has 1 aromatic heterocycles. The Morgan fingerprint density at radius 1 is 1.41 bits per heavy atom. The van der Waals surface area contributed by atoms with Gasteiger partial charge in [0.2, 0.25) is 0 Å². The summed E-state index contributed by atoms with van der Waals surface area (Å²) in [6.07, 6.45) is 1.62. The average Bonchev–Trinajstić information content (AvgIpc) is 2.76. The number of aromatic nitrogens is 1. The molecule has 0 radical (unpaired) electrons. The van der Waals surface area contributed by atoms with Gasteiger partial charge in [-0.25, -0.2) is 4.79 Å². The molecular formula is C12H10ClNO2S. The van der Waals surface area contributed by atoms with Crippen LogP contribution in [0.4, 0.5) is 0 Å². The number of nitrogens with one attached hydrogen (secondary N) is 1. The van der Waals surface area contributed by atoms with Crippen molar-refractivity contribution >= 4 is 29.3 Å². The van der Waals surface area contributed by atoms with Crippen molar-refractivity contribution in [3.63, 3.8) is 0 Å². The molecule has 3 nitrogen and oxygen atoms in total. The molecule has 1 N–H and O–H groups in total. The van der Waals surface area contributed by atoms with Crippen LogP contribution < -0.4 is 0 Å². The van der Waals surface area contributed by atoms with Crippen LogP contribution in [0.2, 0.25) is 5.02 Å². The molecule has 0 fully saturated rings. The summed E-state index contributed by atoms with van der Waals surface area (Å²) in [6, 6.07) is 9.27. The van der Waals surface area contributed by atoms with E-state index in [0.29, 0.717) is 10.6 Å². The highest BCUT2D eigenvalue weighted by Crippen LogP contribution is 2.28. The number of methoxy groups -OCH3 is 1. The Kier molecular flexibility index (Phi) is 3.76. The van der Waals surface area contributed by atoms with Crippen LogP contribution in [0.3, 0.4) is 0 Å². The molecule has 0 aliphatic heterocycles. The summed E-state index contributed by atoms with van der Waals surface area (Å²) in [7, 11) is 1.36. The Morgan fingerprint density at radius 2 is 2.24 bits per heavy atom. The third-order valence-electron chi connectivity index (χ3n) is 2.10. The molecule has 0 atom stereocenters. The van der Waals surface area contributed by atoms with Crippen molar-refractivity contribution in [2.24, 2.45) is 0 Å². The highest BCUT2D eigenvalue weighted by molar-refractivity contribution is 7.99. The Hall–Kier alpha value is -1.39. The lowest BCUT2D eigenvalue weighted by atomic mass is 10.3. The van der Waals surface area contributed by atoms with Gasteiger partial charge in [0.25, 0.3) is 0 Å².